The number of esters is 1. The molecule has 0 N–H and O–H groups in total. The fourth-order valence-electron chi connectivity index (χ4n) is 2.37. The lowest BCUT2D eigenvalue weighted by Crippen LogP contribution is -2.30. The Labute approximate surface area is 132 Å². The van der Waals surface area contributed by atoms with E-state index in [1.165, 1.54) is 7.11 Å². The minimum atomic E-state index is -0.513. The van der Waals surface area contributed by atoms with Crippen LogP contribution in [-0.4, -0.2) is 30.0 Å². The van der Waals surface area contributed by atoms with Crippen LogP contribution in [0.2, 0.25) is 0 Å². The van der Waals surface area contributed by atoms with Crippen LogP contribution in [0.25, 0.3) is 0 Å². The van der Waals surface area contributed by atoms with Gasteiger partial charge in [-0.15, -0.1) is 5.06 Å². The van der Waals surface area contributed by atoms with Crippen LogP contribution >= 0.6 is 0 Å². The monoisotopic (exact) mass is 311 g/mol. The minimum absolute atomic E-state index is 0.100. The summed E-state index contributed by atoms with van der Waals surface area (Å²) in [6.45, 7) is -0.100. The van der Waals surface area contributed by atoms with E-state index < -0.39 is 17.8 Å². The average Bonchev–Trinajstić information content (AvgIpc) is 2.84. The van der Waals surface area contributed by atoms with E-state index in [2.05, 4.69) is 0 Å². The lowest BCUT2D eigenvalue weighted by Gasteiger charge is -2.14. The molecule has 0 spiro atoms. The summed E-state index contributed by atoms with van der Waals surface area (Å²) >= 11 is 0. The number of benzene rings is 2. The molecular weight excluding hydrogens is 298 g/mol. The standard InChI is InChI=1S/C17H13NO5/c1-22-17(21)12-7-3-2-6-11(12)10-23-18-15(19)13-8-4-5-9-14(13)16(18)20/h2-9H,10H2,1H3. The van der Waals surface area contributed by atoms with Gasteiger partial charge in [-0.3, -0.25) is 14.4 Å². The zero-order valence-electron chi connectivity index (χ0n) is 12.3. The maximum absolute atomic E-state index is 12.2. The van der Waals surface area contributed by atoms with Crippen molar-refractivity contribution in [1.82, 2.24) is 5.06 Å². The van der Waals surface area contributed by atoms with Gasteiger partial charge >= 0.3 is 5.97 Å². The fourth-order valence-corrected chi connectivity index (χ4v) is 2.37. The molecule has 2 amide bonds. The number of carbonyl (C=O) groups excluding carboxylic acids is 3. The summed E-state index contributed by atoms with van der Waals surface area (Å²) in [6, 6.07) is 13.2. The molecule has 3 rings (SSSR count). The second kappa shape index (κ2) is 6.02. The molecule has 1 aliphatic rings. The van der Waals surface area contributed by atoms with Crippen LogP contribution < -0.4 is 0 Å². The highest BCUT2D eigenvalue weighted by atomic mass is 16.7. The third-order valence-corrected chi connectivity index (χ3v) is 3.53. The van der Waals surface area contributed by atoms with E-state index in [1.54, 1.807) is 48.5 Å². The van der Waals surface area contributed by atoms with Crippen molar-refractivity contribution in [2.75, 3.05) is 7.11 Å². The Morgan fingerprint density at radius 1 is 0.957 bits per heavy atom. The largest absolute Gasteiger partial charge is 0.465 e. The van der Waals surface area contributed by atoms with Crippen LogP contribution in [0.1, 0.15) is 36.6 Å². The third-order valence-electron chi connectivity index (χ3n) is 3.53. The number of carbonyl (C=O) groups is 3. The van der Waals surface area contributed by atoms with E-state index in [4.69, 9.17) is 9.57 Å². The number of methoxy groups -OCH3 is 1. The third kappa shape index (κ3) is 2.60. The van der Waals surface area contributed by atoms with Crippen molar-refractivity contribution in [3.05, 3.63) is 70.8 Å². The summed E-state index contributed by atoms with van der Waals surface area (Å²) in [4.78, 5) is 41.5. The average molecular weight is 311 g/mol. The van der Waals surface area contributed by atoms with Gasteiger partial charge in [0.25, 0.3) is 11.8 Å². The van der Waals surface area contributed by atoms with Gasteiger partial charge in [-0.25, -0.2) is 4.79 Å². The number of amides is 2. The second-order valence-corrected chi connectivity index (χ2v) is 4.87. The van der Waals surface area contributed by atoms with Crippen LogP contribution in [0, 0.1) is 0 Å². The summed E-state index contributed by atoms with van der Waals surface area (Å²) in [5.41, 5.74) is 1.46. The molecule has 2 aromatic carbocycles. The molecule has 23 heavy (non-hydrogen) atoms. The Bertz CT molecular complexity index is 764. The minimum Gasteiger partial charge on any atom is -0.465 e. The predicted molar refractivity (Wildman–Crippen MR) is 79.5 cm³/mol. The van der Waals surface area contributed by atoms with Crippen molar-refractivity contribution < 1.29 is 24.0 Å². The fraction of sp³-hybridized carbons (Fsp3) is 0.118. The molecule has 0 aliphatic carbocycles. The van der Waals surface area contributed by atoms with Gasteiger partial charge in [-0.2, -0.15) is 0 Å². The van der Waals surface area contributed by atoms with Crippen LogP contribution in [0.3, 0.4) is 0 Å². The Balaban J connectivity index is 1.80. The van der Waals surface area contributed by atoms with E-state index in [-0.39, 0.29) is 6.61 Å². The number of imide groups is 1. The molecule has 0 unspecified atom stereocenters. The predicted octanol–water partition coefficient (Wildman–Crippen LogP) is 2.20. The highest BCUT2D eigenvalue weighted by molar-refractivity contribution is 6.20. The molecule has 0 saturated heterocycles. The number of rotatable bonds is 4. The van der Waals surface area contributed by atoms with E-state index >= 15 is 0 Å². The van der Waals surface area contributed by atoms with Gasteiger partial charge < -0.3 is 4.74 Å². The van der Waals surface area contributed by atoms with E-state index in [0.29, 0.717) is 22.3 Å². The first kappa shape index (κ1) is 14.9. The second-order valence-electron chi connectivity index (χ2n) is 4.87. The van der Waals surface area contributed by atoms with E-state index in [9.17, 15) is 14.4 Å². The van der Waals surface area contributed by atoms with Gasteiger partial charge in [0, 0.05) is 0 Å². The summed E-state index contributed by atoms with van der Waals surface area (Å²) in [6.07, 6.45) is 0. The number of fused-ring (bicyclic) bond motifs is 1. The number of hydrogen-bond acceptors (Lipinski definition) is 5. The maximum Gasteiger partial charge on any atom is 0.338 e. The lowest BCUT2D eigenvalue weighted by atomic mass is 10.1. The molecule has 0 aromatic heterocycles. The number of hydrogen-bond donors (Lipinski definition) is 0. The molecule has 0 atom stereocenters. The van der Waals surface area contributed by atoms with Crippen LogP contribution in [0.5, 0.6) is 0 Å². The zero-order valence-corrected chi connectivity index (χ0v) is 12.3. The first-order chi connectivity index (χ1) is 11.1. The van der Waals surface area contributed by atoms with Gasteiger partial charge in [0.05, 0.1) is 23.8 Å². The zero-order chi connectivity index (χ0) is 16.4. The van der Waals surface area contributed by atoms with Crippen molar-refractivity contribution in [3.8, 4) is 0 Å². The summed E-state index contributed by atoms with van der Waals surface area (Å²) in [7, 11) is 1.28. The van der Waals surface area contributed by atoms with E-state index in [1.807, 2.05) is 0 Å². The van der Waals surface area contributed by atoms with Crippen LogP contribution in [-0.2, 0) is 16.2 Å². The Hall–Kier alpha value is -2.99. The van der Waals surface area contributed by atoms with Crippen LogP contribution in [0.15, 0.2) is 48.5 Å². The summed E-state index contributed by atoms with van der Waals surface area (Å²) in [5.74, 6) is -1.53. The molecule has 1 heterocycles. The van der Waals surface area contributed by atoms with Crippen LogP contribution in [0.4, 0.5) is 0 Å². The van der Waals surface area contributed by atoms with Crippen molar-refractivity contribution >= 4 is 17.8 Å². The Morgan fingerprint density at radius 3 is 2.13 bits per heavy atom. The molecule has 1 aliphatic heterocycles. The van der Waals surface area contributed by atoms with Crippen molar-refractivity contribution in [3.63, 3.8) is 0 Å². The molecular formula is C17H13NO5. The Morgan fingerprint density at radius 2 is 1.52 bits per heavy atom. The smallest absolute Gasteiger partial charge is 0.338 e. The molecule has 0 bridgehead atoms. The van der Waals surface area contributed by atoms with Crippen molar-refractivity contribution in [1.29, 1.82) is 0 Å². The van der Waals surface area contributed by atoms with Gasteiger partial charge in [0.2, 0.25) is 0 Å². The first-order valence-corrected chi connectivity index (χ1v) is 6.90. The normalized spacial score (nSPS) is 13.2. The maximum atomic E-state index is 12.2. The first-order valence-electron chi connectivity index (χ1n) is 6.90. The molecule has 0 fully saturated rings. The summed E-state index contributed by atoms with van der Waals surface area (Å²) in [5, 5.41) is 0.721. The molecule has 0 radical (unpaired) electrons. The molecule has 2 aromatic rings. The van der Waals surface area contributed by atoms with Gasteiger partial charge in [0.1, 0.15) is 6.61 Å². The molecule has 116 valence electrons. The number of ether oxygens (including phenoxy) is 1. The highest BCUT2D eigenvalue weighted by Gasteiger charge is 2.36. The van der Waals surface area contributed by atoms with E-state index in [0.717, 1.165) is 5.06 Å². The molecule has 6 heteroatoms. The van der Waals surface area contributed by atoms with Gasteiger partial charge in [-0.05, 0) is 23.8 Å². The number of nitrogens with zero attached hydrogens (tertiary/aromatic N) is 1. The van der Waals surface area contributed by atoms with Gasteiger partial charge in [0.15, 0.2) is 0 Å². The Kier molecular flexibility index (Phi) is 3.91. The lowest BCUT2D eigenvalue weighted by molar-refractivity contribution is -0.101. The quantitative estimate of drug-likeness (QED) is 0.639. The SMILES string of the molecule is COC(=O)c1ccccc1CON1C(=O)c2ccccc2C1=O. The van der Waals surface area contributed by atoms with Crippen molar-refractivity contribution in [2.24, 2.45) is 0 Å². The molecule has 0 saturated carbocycles. The van der Waals surface area contributed by atoms with Crippen molar-refractivity contribution in [2.45, 2.75) is 6.61 Å². The topological polar surface area (TPSA) is 72.9 Å². The number of hydroxylamine groups is 2. The van der Waals surface area contributed by atoms with Gasteiger partial charge in [-0.1, -0.05) is 30.3 Å². The molecule has 6 nitrogen and oxygen atoms in total. The highest BCUT2D eigenvalue weighted by Crippen LogP contribution is 2.23. The summed E-state index contributed by atoms with van der Waals surface area (Å²) < 4.78 is 4.70.